The molecule has 2 amide bonds. The Labute approximate surface area is 150 Å². The number of fused-ring (bicyclic) bond motifs is 1. The molecule has 0 bridgehead atoms. The van der Waals surface area contributed by atoms with Gasteiger partial charge in [0, 0.05) is 25.7 Å². The molecule has 7 heteroatoms. The Hall–Kier alpha value is -1.18. The van der Waals surface area contributed by atoms with E-state index in [0.29, 0.717) is 45.3 Å². The van der Waals surface area contributed by atoms with Gasteiger partial charge in [0.05, 0.1) is 31.2 Å². The van der Waals surface area contributed by atoms with E-state index in [1.54, 1.807) is 0 Å². The summed E-state index contributed by atoms with van der Waals surface area (Å²) in [5, 5.41) is 1.51. The number of hydrogen-bond acceptors (Lipinski definition) is 5. The van der Waals surface area contributed by atoms with Crippen molar-refractivity contribution >= 4 is 11.8 Å². The van der Waals surface area contributed by atoms with E-state index in [9.17, 15) is 9.59 Å². The summed E-state index contributed by atoms with van der Waals surface area (Å²) in [6.07, 6.45) is 3.49. The first-order valence-corrected chi connectivity index (χ1v) is 9.53. The van der Waals surface area contributed by atoms with E-state index in [1.807, 2.05) is 16.8 Å². The van der Waals surface area contributed by atoms with Crippen LogP contribution in [-0.2, 0) is 19.2 Å². The van der Waals surface area contributed by atoms with Crippen LogP contribution in [0.15, 0.2) is 0 Å². The number of nitrogens with zero attached hydrogens (tertiary/aromatic N) is 3. The van der Waals surface area contributed by atoms with E-state index in [2.05, 4.69) is 13.8 Å². The predicted molar refractivity (Wildman–Crippen MR) is 92.6 cm³/mol. The minimum absolute atomic E-state index is 0.00339. The Bertz CT molecular complexity index is 493. The van der Waals surface area contributed by atoms with Crippen LogP contribution in [0.3, 0.4) is 0 Å². The van der Waals surface area contributed by atoms with Gasteiger partial charge in [-0.05, 0) is 46.6 Å². The number of hydroxylamine groups is 2. The van der Waals surface area contributed by atoms with E-state index in [-0.39, 0.29) is 29.9 Å². The third-order valence-corrected chi connectivity index (χ3v) is 5.69. The number of piperidine rings is 1. The van der Waals surface area contributed by atoms with Gasteiger partial charge in [-0.15, -0.1) is 0 Å². The first-order chi connectivity index (χ1) is 12.0. The first kappa shape index (κ1) is 18.6. The van der Waals surface area contributed by atoms with E-state index in [1.165, 1.54) is 5.06 Å². The second-order valence-electron chi connectivity index (χ2n) is 7.73. The lowest BCUT2D eigenvalue weighted by Gasteiger charge is -2.42. The number of ether oxygens (including phenoxy) is 1. The number of carbonyl (C=O) groups is 2. The fraction of sp³-hybridized carbons (Fsp3) is 0.889. The smallest absolute Gasteiger partial charge is 0.251 e. The van der Waals surface area contributed by atoms with Crippen molar-refractivity contribution in [3.8, 4) is 0 Å². The fourth-order valence-electron chi connectivity index (χ4n) is 3.87. The summed E-state index contributed by atoms with van der Waals surface area (Å²) in [7, 11) is 1.96. The molecule has 0 saturated carbocycles. The summed E-state index contributed by atoms with van der Waals surface area (Å²) in [5.41, 5.74) is 0. The van der Waals surface area contributed by atoms with E-state index >= 15 is 0 Å². The van der Waals surface area contributed by atoms with Crippen LogP contribution < -0.4 is 0 Å². The minimum Gasteiger partial charge on any atom is -0.376 e. The van der Waals surface area contributed by atoms with Crippen molar-refractivity contribution in [3.05, 3.63) is 0 Å². The summed E-state index contributed by atoms with van der Waals surface area (Å²) in [4.78, 5) is 35.2. The van der Waals surface area contributed by atoms with Gasteiger partial charge in [-0.3, -0.25) is 19.3 Å². The Morgan fingerprint density at radius 2 is 2.04 bits per heavy atom. The van der Waals surface area contributed by atoms with Crippen LogP contribution in [0.2, 0.25) is 0 Å². The van der Waals surface area contributed by atoms with Crippen molar-refractivity contribution in [1.29, 1.82) is 0 Å². The number of hydrogen-bond donors (Lipinski definition) is 0. The summed E-state index contributed by atoms with van der Waals surface area (Å²) >= 11 is 0. The normalized spacial score (nSPS) is 30.0. The summed E-state index contributed by atoms with van der Waals surface area (Å²) in [5.74, 6) is -0.136. The second-order valence-corrected chi connectivity index (χ2v) is 7.73. The van der Waals surface area contributed by atoms with Crippen LogP contribution in [0.4, 0.5) is 0 Å². The molecule has 3 heterocycles. The molecule has 142 valence electrons. The van der Waals surface area contributed by atoms with Gasteiger partial charge >= 0.3 is 0 Å². The highest BCUT2D eigenvalue weighted by atomic mass is 16.7. The maximum atomic E-state index is 12.9. The molecule has 0 unspecified atom stereocenters. The highest BCUT2D eigenvalue weighted by Crippen LogP contribution is 2.32. The Balaban J connectivity index is 1.68. The average Bonchev–Trinajstić information content (AvgIpc) is 3.09. The Morgan fingerprint density at radius 1 is 1.24 bits per heavy atom. The number of carbonyl (C=O) groups excluding carboxylic acids is 2. The average molecular weight is 353 g/mol. The molecule has 0 N–H and O–H groups in total. The Morgan fingerprint density at radius 3 is 2.72 bits per heavy atom. The summed E-state index contributed by atoms with van der Waals surface area (Å²) in [6, 6.07) is 0.419. The van der Waals surface area contributed by atoms with Crippen molar-refractivity contribution in [3.63, 3.8) is 0 Å². The van der Waals surface area contributed by atoms with Gasteiger partial charge in [-0.25, -0.2) is 5.06 Å². The highest BCUT2D eigenvalue weighted by molar-refractivity contribution is 5.82. The highest BCUT2D eigenvalue weighted by Gasteiger charge is 2.45. The molecule has 3 saturated heterocycles. The van der Waals surface area contributed by atoms with Gasteiger partial charge in [-0.2, -0.15) is 0 Å². The van der Waals surface area contributed by atoms with E-state index in [4.69, 9.17) is 9.57 Å². The molecule has 3 atom stereocenters. The Kier molecular flexibility index (Phi) is 5.96. The van der Waals surface area contributed by atoms with Crippen LogP contribution in [0, 0.1) is 5.92 Å². The van der Waals surface area contributed by atoms with Gasteiger partial charge in [0.25, 0.3) is 5.91 Å². The van der Waals surface area contributed by atoms with E-state index in [0.717, 1.165) is 19.3 Å². The number of rotatable bonds is 4. The lowest BCUT2D eigenvalue weighted by molar-refractivity contribution is -0.204. The molecule has 0 aromatic heterocycles. The van der Waals surface area contributed by atoms with Gasteiger partial charge in [0.2, 0.25) is 5.91 Å². The maximum Gasteiger partial charge on any atom is 0.251 e. The van der Waals surface area contributed by atoms with Gasteiger partial charge < -0.3 is 9.64 Å². The molecule has 0 aliphatic carbocycles. The molecule has 3 aliphatic rings. The van der Waals surface area contributed by atoms with E-state index < -0.39 is 0 Å². The maximum absolute atomic E-state index is 12.9. The number of likely N-dealkylation sites (N-methyl/N-ethyl adjacent to an activating group) is 1. The van der Waals surface area contributed by atoms with Crippen LogP contribution in [0.5, 0.6) is 0 Å². The van der Waals surface area contributed by atoms with Crippen molar-refractivity contribution in [1.82, 2.24) is 14.9 Å². The molecule has 0 radical (unpaired) electrons. The van der Waals surface area contributed by atoms with Crippen molar-refractivity contribution < 1.29 is 19.2 Å². The zero-order valence-corrected chi connectivity index (χ0v) is 15.6. The minimum atomic E-state index is -0.231. The summed E-state index contributed by atoms with van der Waals surface area (Å²) < 4.78 is 5.84. The predicted octanol–water partition coefficient (Wildman–Crippen LogP) is 0.887. The molecule has 0 aromatic rings. The molecule has 3 rings (SSSR count). The van der Waals surface area contributed by atoms with Crippen LogP contribution >= 0.6 is 0 Å². The largest absolute Gasteiger partial charge is 0.376 e. The van der Waals surface area contributed by atoms with Crippen molar-refractivity contribution in [2.75, 3.05) is 39.9 Å². The zero-order valence-electron chi connectivity index (χ0n) is 15.6. The standard InChI is InChI=1S/C18H31N3O4/c1-13(2)19(3)12-17(22)20-11-14(10-16-15(20)6-9-24-16)18(23)21-7-4-5-8-25-21/h13-16H,4-12H2,1-3H3/t14-,15-,16-/m1/s1. The van der Waals surface area contributed by atoms with Gasteiger partial charge in [0.15, 0.2) is 0 Å². The molecule has 25 heavy (non-hydrogen) atoms. The van der Waals surface area contributed by atoms with Crippen molar-refractivity contribution in [2.24, 2.45) is 5.92 Å². The topological polar surface area (TPSA) is 62.3 Å². The SMILES string of the molecule is CC(C)N(C)CC(=O)N1C[C@H](C(=O)N2CCCCO2)C[C@H]2OCC[C@H]21. The molecule has 3 aliphatic heterocycles. The third kappa shape index (κ3) is 4.15. The zero-order chi connectivity index (χ0) is 18.0. The van der Waals surface area contributed by atoms with Crippen LogP contribution in [-0.4, -0.2) is 84.8 Å². The van der Waals surface area contributed by atoms with Crippen LogP contribution in [0.25, 0.3) is 0 Å². The molecular weight excluding hydrogens is 322 g/mol. The molecule has 3 fully saturated rings. The monoisotopic (exact) mass is 353 g/mol. The fourth-order valence-corrected chi connectivity index (χ4v) is 3.87. The molecule has 0 spiro atoms. The van der Waals surface area contributed by atoms with Gasteiger partial charge in [0.1, 0.15) is 0 Å². The van der Waals surface area contributed by atoms with Gasteiger partial charge in [-0.1, -0.05) is 0 Å². The van der Waals surface area contributed by atoms with Crippen molar-refractivity contribution in [2.45, 2.75) is 57.7 Å². The lowest BCUT2D eigenvalue weighted by atomic mass is 9.89. The molecular formula is C18H31N3O4. The summed E-state index contributed by atoms with van der Waals surface area (Å²) in [6.45, 7) is 6.92. The molecule has 0 aromatic carbocycles. The lowest BCUT2D eigenvalue weighted by Crippen LogP contribution is -2.57. The first-order valence-electron chi connectivity index (χ1n) is 9.53. The number of likely N-dealkylation sites (tertiary alicyclic amines) is 1. The number of amides is 2. The van der Waals surface area contributed by atoms with Crippen LogP contribution in [0.1, 0.15) is 39.5 Å². The molecule has 7 nitrogen and oxygen atoms in total. The second kappa shape index (κ2) is 8.01. The quantitative estimate of drug-likeness (QED) is 0.751. The third-order valence-electron chi connectivity index (χ3n) is 5.69.